The summed E-state index contributed by atoms with van der Waals surface area (Å²) < 4.78 is 0. The molecule has 1 atom stereocenters. The Balaban J connectivity index is 1.97. The molecule has 22 heavy (non-hydrogen) atoms. The zero-order valence-corrected chi connectivity index (χ0v) is 14.2. The first-order valence-corrected chi connectivity index (χ1v) is 8.69. The zero-order valence-electron chi connectivity index (χ0n) is 13.3. The Morgan fingerprint density at radius 1 is 1.27 bits per heavy atom. The molecule has 0 bridgehead atoms. The standard InChI is InChI=1S/C18H22N2OS/c1-12(21)16-11-22-17-14(19-13-7-5-4-6-8-13)9-18(2,3)10-15(17)20-16/h4-8,16,20H,9-11H2,1-3H3/b19-14+. The van der Waals surface area contributed by atoms with Gasteiger partial charge in [0.25, 0.3) is 0 Å². The van der Waals surface area contributed by atoms with Crippen molar-refractivity contribution in [3.8, 4) is 0 Å². The highest BCUT2D eigenvalue weighted by Gasteiger charge is 2.36. The first-order chi connectivity index (χ1) is 10.4. The molecule has 1 heterocycles. The van der Waals surface area contributed by atoms with E-state index in [0.717, 1.165) is 30.0 Å². The minimum absolute atomic E-state index is 0.0596. The summed E-state index contributed by atoms with van der Waals surface area (Å²) in [7, 11) is 0. The van der Waals surface area contributed by atoms with Gasteiger partial charge in [-0.05, 0) is 37.3 Å². The van der Waals surface area contributed by atoms with Gasteiger partial charge in [0.2, 0.25) is 0 Å². The van der Waals surface area contributed by atoms with Crippen molar-refractivity contribution in [2.75, 3.05) is 5.75 Å². The minimum atomic E-state index is -0.0596. The fourth-order valence-corrected chi connectivity index (χ4v) is 4.24. The van der Waals surface area contributed by atoms with Crippen LogP contribution in [-0.4, -0.2) is 23.3 Å². The van der Waals surface area contributed by atoms with Crippen LogP contribution in [0.1, 0.15) is 33.6 Å². The summed E-state index contributed by atoms with van der Waals surface area (Å²) >= 11 is 1.78. The molecule has 116 valence electrons. The molecule has 1 unspecified atom stereocenters. The third kappa shape index (κ3) is 3.27. The van der Waals surface area contributed by atoms with Crippen molar-refractivity contribution >= 4 is 28.9 Å². The molecule has 1 aromatic rings. The summed E-state index contributed by atoms with van der Waals surface area (Å²) in [5.41, 5.74) is 3.51. The first-order valence-electron chi connectivity index (χ1n) is 7.70. The number of carbonyl (C=O) groups excluding carboxylic acids is 1. The van der Waals surface area contributed by atoms with Gasteiger partial charge in [-0.15, -0.1) is 11.8 Å². The van der Waals surface area contributed by atoms with Gasteiger partial charge in [-0.3, -0.25) is 9.79 Å². The van der Waals surface area contributed by atoms with Crippen LogP contribution >= 0.6 is 11.8 Å². The molecule has 0 radical (unpaired) electrons. The molecule has 1 aliphatic carbocycles. The number of carbonyl (C=O) groups is 1. The van der Waals surface area contributed by atoms with Gasteiger partial charge in [0, 0.05) is 16.4 Å². The van der Waals surface area contributed by atoms with Gasteiger partial charge in [0.1, 0.15) is 0 Å². The number of Topliss-reactive ketones (excluding diaryl/α,β-unsaturated/α-hetero) is 1. The Hall–Kier alpha value is -1.55. The van der Waals surface area contributed by atoms with E-state index in [1.165, 1.54) is 10.6 Å². The van der Waals surface area contributed by atoms with Crippen molar-refractivity contribution in [1.29, 1.82) is 0 Å². The number of nitrogens with one attached hydrogen (secondary N) is 1. The Bertz CT molecular complexity index is 646. The number of hydrogen-bond acceptors (Lipinski definition) is 4. The fourth-order valence-electron chi connectivity index (χ4n) is 3.00. The molecule has 0 fully saturated rings. The van der Waals surface area contributed by atoms with Gasteiger partial charge >= 0.3 is 0 Å². The van der Waals surface area contributed by atoms with E-state index >= 15 is 0 Å². The quantitative estimate of drug-likeness (QED) is 0.894. The molecular weight excluding hydrogens is 292 g/mol. The summed E-state index contributed by atoms with van der Waals surface area (Å²) in [6, 6.07) is 10.0. The second-order valence-electron chi connectivity index (χ2n) is 6.84. The molecule has 3 rings (SSSR count). The van der Waals surface area contributed by atoms with E-state index in [1.54, 1.807) is 18.7 Å². The molecule has 1 aromatic carbocycles. The SMILES string of the molecule is CC(=O)C1CSC2=C(CC(C)(C)C/C2=N\c2ccccc2)N1. The molecule has 1 aliphatic heterocycles. The lowest BCUT2D eigenvalue weighted by molar-refractivity contribution is -0.118. The molecule has 0 amide bonds. The van der Waals surface area contributed by atoms with E-state index in [2.05, 4.69) is 19.2 Å². The molecule has 1 N–H and O–H groups in total. The van der Waals surface area contributed by atoms with Gasteiger partial charge in [-0.2, -0.15) is 0 Å². The maximum absolute atomic E-state index is 11.7. The van der Waals surface area contributed by atoms with Crippen LogP contribution in [0.25, 0.3) is 0 Å². The normalized spacial score (nSPS) is 25.6. The lowest BCUT2D eigenvalue weighted by atomic mass is 9.78. The fraction of sp³-hybridized carbons (Fsp3) is 0.444. The maximum Gasteiger partial charge on any atom is 0.152 e. The van der Waals surface area contributed by atoms with E-state index in [4.69, 9.17) is 4.99 Å². The van der Waals surface area contributed by atoms with Crippen LogP contribution in [0, 0.1) is 5.41 Å². The lowest BCUT2D eigenvalue weighted by Gasteiger charge is -2.38. The molecule has 4 heteroatoms. The molecule has 2 aliphatic rings. The number of ketones is 1. The summed E-state index contributed by atoms with van der Waals surface area (Å²) in [4.78, 5) is 17.8. The highest BCUT2D eigenvalue weighted by atomic mass is 32.2. The second-order valence-corrected chi connectivity index (χ2v) is 7.87. The molecule has 3 nitrogen and oxygen atoms in total. The highest BCUT2D eigenvalue weighted by Crippen LogP contribution is 2.43. The van der Waals surface area contributed by atoms with Crippen LogP contribution in [0.3, 0.4) is 0 Å². The number of rotatable bonds is 2. The monoisotopic (exact) mass is 314 g/mol. The molecule has 0 saturated heterocycles. The molecular formula is C18H22N2OS. The number of hydrogen-bond donors (Lipinski definition) is 1. The van der Waals surface area contributed by atoms with Crippen LogP contribution < -0.4 is 5.32 Å². The first kappa shape index (κ1) is 15.3. The number of aliphatic imine (C=N–C) groups is 1. The average molecular weight is 314 g/mol. The van der Waals surface area contributed by atoms with Gasteiger partial charge in [-0.1, -0.05) is 32.0 Å². The van der Waals surface area contributed by atoms with Gasteiger partial charge in [0.05, 0.1) is 17.4 Å². The lowest BCUT2D eigenvalue weighted by Crippen LogP contribution is -2.44. The maximum atomic E-state index is 11.7. The van der Waals surface area contributed by atoms with E-state index in [-0.39, 0.29) is 17.2 Å². The Kier molecular flexibility index (Phi) is 4.13. The number of benzene rings is 1. The summed E-state index contributed by atoms with van der Waals surface area (Å²) in [5.74, 6) is 1.01. The van der Waals surface area contributed by atoms with Gasteiger partial charge < -0.3 is 5.32 Å². The van der Waals surface area contributed by atoms with Crippen LogP contribution in [0.15, 0.2) is 45.9 Å². The summed E-state index contributed by atoms with van der Waals surface area (Å²) in [6.07, 6.45) is 1.95. The van der Waals surface area contributed by atoms with Gasteiger partial charge in [0.15, 0.2) is 5.78 Å². The molecule has 0 spiro atoms. The van der Waals surface area contributed by atoms with Crippen LogP contribution in [-0.2, 0) is 4.79 Å². The smallest absolute Gasteiger partial charge is 0.152 e. The number of thioether (sulfide) groups is 1. The van der Waals surface area contributed by atoms with Gasteiger partial charge in [-0.25, -0.2) is 0 Å². The highest BCUT2D eigenvalue weighted by molar-refractivity contribution is 8.04. The Labute approximate surface area is 136 Å². The second kappa shape index (κ2) is 5.92. The van der Waals surface area contributed by atoms with Crippen LogP contribution in [0.5, 0.6) is 0 Å². The third-order valence-electron chi connectivity index (χ3n) is 4.09. The average Bonchev–Trinajstić information content (AvgIpc) is 2.46. The van der Waals surface area contributed by atoms with E-state index in [0.29, 0.717) is 0 Å². The summed E-state index contributed by atoms with van der Waals surface area (Å²) in [6.45, 7) is 6.19. The Morgan fingerprint density at radius 3 is 2.68 bits per heavy atom. The largest absolute Gasteiger partial charge is 0.377 e. The van der Waals surface area contributed by atoms with Crippen molar-refractivity contribution < 1.29 is 4.79 Å². The minimum Gasteiger partial charge on any atom is -0.377 e. The molecule has 0 aromatic heterocycles. The number of nitrogens with zero attached hydrogens (tertiary/aromatic N) is 1. The molecule has 0 saturated carbocycles. The van der Waals surface area contributed by atoms with Crippen LogP contribution in [0.2, 0.25) is 0 Å². The van der Waals surface area contributed by atoms with E-state index < -0.39 is 0 Å². The Morgan fingerprint density at radius 2 is 2.00 bits per heavy atom. The summed E-state index contributed by atoms with van der Waals surface area (Å²) in [5, 5.41) is 3.45. The third-order valence-corrected chi connectivity index (χ3v) is 5.36. The number of allylic oxidation sites excluding steroid dienone is 2. The predicted molar refractivity (Wildman–Crippen MR) is 93.6 cm³/mol. The van der Waals surface area contributed by atoms with Crippen molar-refractivity contribution in [2.45, 2.75) is 39.7 Å². The van der Waals surface area contributed by atoms with Crippen molar-refractivity contribution in [3.63, 3.8) is 0 Å². The van der Waals surface area contributed by atoms with Crippen molar-refractivity contribution in [1.82, 2.24) is 5.32 Å². The van der Waals surface area contributed by atoms with Crippen molar-refractivity contribution in [2.24, 2.45) is 10.4 Å². The van der Waals surface area contributed by atoms with Crippen LogP contribution in [0.4, 0.5) is 5.69 Å². The van der Waals surface area contributed by atoms with E-state index in [9.17, 15) is 4.79 Å². The van der Waals surface area contributed by atoms with E-state index in [1.807, 2.05) is 30.3 Å². The van der Waals surface area contributed by atoms with Crippen molar-refractivity contribution in [3.05, 3.63) is 40.9 Å². The number of para-hydroxylation sites is 1. The zero-order chi connectivity index (χ0) is 15.7. The topological polar surface area (TPSA) is 41.5 Å². The predicted octanol–water partition coefficient (Wildman–Crippen LogP) is 4.08.